The number of para-hydroxylation sites is 2. The SMILES string of the molecule is O=C(Nc1ccccc1OCCCc1ccccc1)c1ccccc1I. The quantitative estimate of drug-likeness (QED) is 0.373. The van der Waals surface area contributed by atoms with Crippen molar-refractivity contribution >= 4 is 34.2 Å². The van der Waals surface area contributed by atoms with E-state index in [0.717, 1.165) is 16.4 Å². The van der Waals surface area contributed by atoms with E-state index in [4.69, 9.17) is 4.74 Å². The first kappa shape index (κ1) is 18.5. The van der Waals surface area contributed by atoms with E-state index in [9.17, 15) is 4.79 Å². The molecule has 3 nitrogen and oxygen atoms in total. The van der Waals surface area contributed by atoms with E-state index in [-0.39, 0.29) is 5.91 Å². The van der Waals surface area contributed by atoms with E-state index in [1.54, 1.807) is 0 Å². The Morgan fingerprint density at radius 3 is 2.38 bits per heavy atom. The van der Waals surface area contributed by atoms with Crippen molar-refractivity contribution in [3.8, 4) is 5.75 Å². The zero-order chi connectivity index (χ0) is 18.2. The lowest BCUT2D eigenvalue weighted by Gasteiger charge is -2.13. The Kier molecular flexibility index (Phi) is 6.66. The molecule has 3 aromatic carbocycles. The minimum atomic E-state index is -0.129. The third kappa shape index (κ3) is 5.08. The molecule has 0 heterocycles. The molecule has 0 bridgehead atoms. The Labute approximate surface area is 167 Å². The molecule has 0 saturated carbocycles. The summed E-state index contributed by atoms with van der Waals surface area (Å²) in [6.07, 6.45) is 1.89. The molecule has 3 aromatic rings. The molecule has 0 fully saturated rings. The van der Waals surface area contributed by atoms with Gasteiger partial charge in [-0.05, 0) is 65.3 Å². The van der Waals surface area contributed by atoms with Gasteiger partial charge in [-0.3, -0.25) is 4.79 Å². The standard InChI is InChI=1S/C22H20INO2/c23-19-13-5-4-12-18(19)22(25)24-20-14-6-7-15-21(20)26-16-8-11-17-9-2-1-3-10-17/h1-7,9-10,12-15H,8,11,16H2,(H,24,25). The van der Waals surface area contributed by atoms with Crippen LogP contribution in [0.15, 0.2) is 78.9 Å². The fourth-order valence-corrected chi connectivity index (χ4v) is 3.27. The van der Waals surface area contributed by atoms with Gasteiger partial charge in [-0.2, -0.15) is 0 Å². The van der Waals surface area contributed by atoms with Crippen LogP contribution in [0.1, 0.15) is 22.3 Å². The molecule has 4 heteroatoms. The van der Waals surface area contributed by atoms with Crippen LogP contribution < -0.4 is 10.1 Å². The van der Waals surface area contributed by atoms with Crippen molar-refractivity contribution in [2.24, 2.45) is 0 Å². The Bertz CT molecular complexity index is 865. The summed E-state index contributed by atoms with van der Waals surface area (Å²) in [5.41, 5.74) is 2.65. The van der Waals surface area contributed by atoms with Crippen LogP contribution in [0.25, 0.3) is 0 Å². The van der Waals surface area contributed by atoms with Gasteiger partial charge < -0.3 is 10.1 Å². The van der Waals surface area contributed by atoms with Gasteiger partial charge in [0, 0.05) is 3.57 Å². The van der Waals surface area contributed by atoms with E-state index in [1.165, 1.54) is 5.56 Å². The highest BCUT2D eigenvalue weighted by Crippen LogP contribution is 2.25. The molecule has 0 aliphatic carbocycles. The zero-order valence-corrected chi connectivity index (χ0v) is 16.5. The Hall–Kier alpha value is -2.34. The monoisotopic (exact) mass is 457 g/mol. The van der Waals surface area contributed by atoms with E-state index >= 15 is 0 Å². The Balaban J connectivity index is 1.59. The average Bonchev–Trinajstić information content (AvgIpc) is 2.67. The van der Waals surface area contributed by atoms with Gasteiger partial charge in [0.25, 0.3) is 5.91 Å². The summed E-state index contributed by atoms with van der Waals surface area (Å²) in [5.74, 6) is 0.565. The molecule has 0 aliphatic heterocycles. The summed E-state index contributed by atoms with van der Waals surface area (Å²) >= 11 is 2.17. The predicted molar refractivity (Wildman–Crippen MR) is 114 cm³/mol. The molecule has 26 heavy (non-hydrogen) atoms. The van der Waals surface area contributed by atoms with Crippen LogP contribution in [0.2, 0.25) is 0 Å². The molecule has 0 radical (unpaired) electrons. The number of aryl methyl sites for hydroxylation is 1. The maximum atomic E-state index is 12.5. The molecular formula is C22H20INO2. The lowest BCUT2D eigenvalue weighted by atomic mass is 10.1. The molecule has 0 saturated heterocycles. The van der Waals surface area contributed by atoms with Gasteiger partial charge in [0.05, 0.1) is 17.9 Å². The lowest BCUT2D eigenvalue weighted by molar-refractivity contribution is 0.102. The summed E-state index contributed by atoms with van der Waals surface area (Å²) in [4.78, 5) is 12.5. The van der Waals surface area contributed by atoms with Crippen molar-refractivity contribution in [1.82, 2.24) is 0 Å². The smallest absolute Gasteiger partial charge is 0.256 e. The van der Waals surface area contributed by atoms with Gasteiger partial charge in [-0.1, -0.05) is 54.6 Å². The van der Waals surface area contributed by atoms with E-state index < -0.39 is 0 Å². The first-order chi connectivity index (χ1) is 12.7. The fraction of sp³-hybridized carbons (Fsp3) is 0.136. The number of hydrogen-bond donors (Lipinski definition) is 1. The maximum Gasteiger partial charge on any atom is 0.256 e. The molecule has 132 valence electrons. The minimum Gasteiger partial charge on any atom is -0.491 e. The number of anilines is 1. The highest BCUT2D eigenvalue weighted by Gasteiger charge is 2.12. The Morgan fingerprint density at radius 1 is 0.885 bits per heavy atom. The molecule has 0 aromatic heterocycles. The van der Waals surface area contributed by atoms with Crippen molar-refractivity contribution in [1.29, 1.82) is 0 Å². The summed E-state index contributed by atoms with van der Waals surface area (Å²) in [6.45, 7) is 0.602. The third-order valence-corrected chi connectivity index (χ3v) is 4.90. The van der Waals surface area contributed by atoms with Crippen molar-refractivity contribution in [3.63, 3.8) is 0 Å². The van der Waals surface area contributed by atoms with E-state index in [2.05, 4.69) is 40.0 Å². The summed E-state index contributed by atoms with van der Waals surface area (Å²) < 4.78 is 6.83. The second-order valence-electron chi connectivity index (χ2n) is 5.87. The summed E-state index contributed by atoms with van der Waals surface area (Å²) in [5, 5.41) is 2.96. The van der Waals surface area contributed by atoms with Crippen LogP contribution in [-0.4, -0.2) is 12.5 Å². The molecule has 0 atom stereocenters. The summed E-state index contributed by atoms with van der Waals surface area (Å²) in [6, 6.07) is 25.4. The van der Waals surface area contributed by atoms with Crippen molar-refractivity contribution in [3.05, 3.63) is 93.6 Å². The average molecular weight is 457 g/mol. The topological polar surface area (TPSA) is 38.3 Å². The molecule has 0 aliphatic rings. The number of hydrogen-bond acceptors (Lipinski definition) is 2. The van der Waals surface area contributed by atoms with Crippen LogP contribution >= 0.6 is 22.6 Å². The highest BCUT2D eigenvalue weighted by atomic mass is 127. The van der Waals surface area contributed by atoms with Gasteiger partial charge >= 0.3 is 0 Å². The van der Waals surface area contributed by atoms with Gasteiger partial charge in [0.1, 0.15) is 5.75 Å². The number of nitrogens with one attached hydrogen (secondary N) is 1. The number of carbonyl (C=O) groups excluding carboxylic acids is 1. The van der Waals surface area contributed by atoms with Crippen LogP contribution in [0, 0.1) is 3.57 Å². The molecule has 0 spiro atoms. The van der Waals surface area contributed by atoms with Crippen molar-refractivity contribution in [2.45, 2.75) is 12.8 Å². The maximum absolute atomic E-state index is 12.5. The first-order valence-electron chi connectivity index (χ1n) is 8.55. The number of rotatable bonds is 7. The van der Waals surface area contributed by atoms with Gasteiger partial charge in [-0.15, -0.1) is 0 Å². The number of ether oxygens (including phenoxy) is 1. The fourth-order valence-electron chi connectivity index (χ4n) is 2.63. The molecule has 0 unspecified atom stereocenters. The van der Waals surface area contributed by atoms with Crippen LogP contribution in [0.5, 0.6) is 5.75 Å². The lowest BCUT2D eigenvalue weighted by Crippen LogP contribution is -2.14. The number of benzene rings is 3. The van der Waals surface area contributed by atoms with E-state index in [1.807, 2.05) is 66.7 Å². The Morgan fingerprint density at radius 2 is 1.58 bits per heavy atom. The van der Waals surface area contributed by atoms with Crippen LogP contribution in [0.3, 0.4) is 0 Å². The largest absolute Gasteiger partial charge is 0.491 e. The van der Waals surface area contributed by atoms with Gasteiger partial charge in [0.15, 0.2) is 0 Å². The highest BCUT2D eigenvalue weighted by molar-refractivity contribution is 14.1. The predicted octanol–water partition coefficient (Wildman–Crippen LogP) is 5.56. The van der Waals surface area contributed by atoms with Gasteiger partial charge in [0.2, 0.25) is 0 Å². The third-order valence-electron chi connectivity index (χ3n) is 3.96. The van der Waals surface area contributed by atoms with Gasteiger partial charge in [-0.25, -0.2) is 0 Å². The number of carbonyl (C=O) groups is 1. The zero-order valence-electron chi connectivity index (χ0n) is 14.3. The second kappa shape index (κ2) is 9.38. The minimum absolute atomic E-state index is 0.129. The molecule has 3 rings (SSSR count). The molecule has 1 N–H and O–H groups in total. The van der Waals surface area contributed by atoms with Crippen molar-refractivity contribution < 1.29 is 9.53 Å². The van der Waals surface area contributed by atoms with Crippen LogP contribution in [-0.2, 0) is 6.42 Å². The summed E-state index contributed by atoms with van der Waals surface area (Å²) in [7, 11) is 0. The first-order valence-corrected chi connectivity index (χ1v) is 9.63. The van der Waals surface area contributed by atoms with Crippen molar-refractivity contribution in [2.75, 3.05) is 11.9 Å². The number of halogens is 1. The molecule has 1 amide bonds. The second-order valence-corrected chi connectivity index (χ2v) is 7.03. The van der Waals surface area contributed by atoms with Crippen LogP contribution in [0.4, 0.5) is 5.69 Å². The number of amides is 1. The van der Waals surface area contributed by atoms with E-state index in [0.29, 0.717) is 23.6 Å². The molecular weight excluding hydrogens is 437 g/mol. The normalized spacial score (nSPS) is 10.3.